The molecule has 0 saturated carbocycles. The molecule has 36 heavy (non-hydrogen) atoms. The first kappa shape index (κ1) is 22.5. The summed E-state index contributed by atoms with van der Waals surface area (Å²) in [6.07, 6.45) is 0. The van der Waals surface area contributed by atoms with Crippen LogP contribution in [0.4, 0.5) is 17.1 Å². The zero-order valence-corrected chi connectivity index (χ0v) is 18.6. The second-order valence-electron chi connectivity index (χ2n) is 7.87. The van der Waals surface area contributed by atoms with E-state index in [1.165, 1.54) is 41.3 Å². The van der Waals surface area contributed by atoms with Crippen LogP contribution in [-0.2, 0) is 6.54 Å². The van der Waals surface area contributed by atoms with Crippen molar-refractivity contribution in [1.82, 2.24) is 0 Å². The number of nitrogens with zero attached hydrogens (tertiary/aromatic N) is 3. The summed E-state index contributed by atoms with van der Waals surface area (Å²) in [5, 5.41) is 23.0. The van der Waals surface area contributed by atoms with Crippen LogP contribution in [0, 0.1) is 20.2 Å². The fraction of sp³-hybridized carbons (Fsp3) is 0.0385. The Kier molecular flexibility index (Phi) is 5.75. The number of benzene rings is 4. The van der Waals surface area contributed by atoms with E-state index in [2.05, 4.69) is 0 Å². The Hall–Kier alpha value is -5.25. The van der Waals surface area contributed by atoms with Crippen molar-refractivity contribution in [2.45, 2.75) is 6.54 Å². The lowest BCUT2D eigenvalue weighted by molar-refractivity contribution is -0.385. The number of amides is 1. The monoisotopic (exact) mass is 483 g/mol. The number of carbonyl (C=O) groups is 1. The Balaban J connectivity index is 1.60. The molecule has 0 aromatic heterocycles. The summed E-state index contributed by atoms with van der Waals surface area (Å²) in [7, 11) is 0. The number of hydrogen-bond donors (Lipinski definition) is 0. The lowest BCUT2D eigenvalue weighted by Gasteiger charge is -2.22. The van der Waals surface area contributed by atoms with E-state index in [1.807, 2.05) is 6.07 Å². The smallest absolute Gasteiger partial charge is 0.289 e. The topological polar surface area (TPSA) is 125 Å². The van der Waals surface area contributed by atoms with Gasteiger partial charge in [-0.3, -0.25) is 25.0 Å². The summed E-state index contributed by atoms with van der Waals surface area (Å²) in [5.74, 6) is 0.260. The van der Waals surface area contributed by atoms with Crippen molar-refractivity contribution >= 4 is 23.0 Å². The zero-order chi connectivity index (χ0) is 25.2. The van der Waals surface area contributed by atoms with Gasteiger partial charge in [0.2, 0.25) is 0 Å². The summed E-state index contributed by atoms with van der Waals surface area (Å²) in [6.45, 7) is 0.00998. The summed E-state index contributed by atoms with van der Waals surface area (Å²) in [6, 6.07) is 23.9. The fourth-order valence-corrected chi connectivity index (χ4v) is 3.89. The zero-order valence-electron chi connectivity index (χ0n) is 18.6. The third-order valence-corrected chi connectivity index (χ3v) is 5.55. The van der Waals surface area contributed by atoms with Gasteiger partial charge in [-0.1, -0.05) is 42.5 Å². The van der Waals surface area contributed by atoms with Gasteiger partial charge < -0.3 is 14.4 Å². The molecular weight excluding hydrogens is 466 g/mol. The van der Waals surface area contributed by atoms with Crippen molar-refractivity contribution in [2.24, 2.45) is 0 Å². The van der Waals surface area contributed by atoms with Crippen LogP contribution < -0.4 is 14.4 Å². The molecule has 4 aromatic rings. The van der Waals surface area contributed by atoms with Gasteiger partial charge in [0.1, 0.15) is 11.5 Å². The van der Waals surface area contributed by atoms with Crippen LogP contribution in [0.5, 0.6) is 23.0 Å². The largest absolute Gasteiger partial charge is 0.457 e. The lowest BCUT2D eigenvalue weighted by atomic mass is 10.1. The van der Waals surface area contributed by atoms with Crippen molar-refractivity contribution < 1.29 is 24.1 Å². The molecule has 1 aliphatic rings. The molecule has 0 bridgehead atoms. The van der Waals surface area contributed by atoms with Gasteiger partial charge in [0, 0.05) is 18.2 Å². The number of nitro benzene ring substituents is 2. The molecule has 10 heteroatoms. The molecule has 1 aliphatic heterocycles. The van der Waals surface area contributed by atoms with Gasteiger partial charge >= 0.3 is 0 Å². The van der Waals surface area contributed by atoms with E-state index in [0.717, 1.165) is 0 Å². The van der Waals surface area contributed by atoms with Crippen molar-refractivity contribution in [3.05, 3.63) is 122 Å². The number of anilines is 1. The minimum atomic E-state index is -0.655. The summed E-state index contributed by atoms with van der Waals surface area (Å²) in [4.78, 5) is 37.0. The molecule has 0 radical (unpaired) electrons. The van der Waals surface area contributed by atoms with E-state index < -0.39 is 21.4 Å². The quantitative estimate of drug-likeness (QED) is 0.234. The maximum atomic E-state index is 13.8. The van der Waals surface area contributed by atoms with Crippen LogP contribution in [0.2, 0.25) is 0 Å². The molecule has 4 aromatic carbocycles. The number of carbonyl (C=O) groups excluding carboxylic acids is 1. The lowest BCUT2D eigenvalue weighted by Crippen LogP contribution is -2.30. The number of nitro groups is 2. The molecule has 0 unspecified atom stereocenters. The molecule has 0 fully saturated rings. The minimum absolute atomic E-state index is 0.00998. The molecule has 5 rings (SSSR count). The van der Waals surface area contributed by atoms with E-state index >= 15 is 0 Å². The fourth-order valence-electron chi connectivity index (χ4n) is 3.89. The van der Waals surface area contributed by atoms with E-state index in [-0.39, 0.29) is 29.3 Å². The van der Waals surface area contributed by atoms with Crippen LogP contribution in [0.25, 0.3) is 0 Å². The minimum Gasteiger partial charge on any atom is -0.457 e. The highest BCUT2D eigenvalue weighted by Crippen LogP contribution is 2.45. The molecule has 0 N–H and O–H groups in total. The van der Waals surface area contributed by atoms with Crippen LogP contribution in [0.15, 0.2) is 91.0 Å². The molecule has 0 saturated heterocycles. The average Bonchev–Trinajstić information content (AvgIpc) is 2.99. The Morgan fingerprint density at radius 3 is 2.17 bits per heavy atom. The number of hydrogen-bond acceptors (Lipinski definition) is 7. The number of non-ortho nitro benzene ring substituents is 1. The van der Waals surface area contributed by atoms with Crippen LogP contribution >= 0.6 is 0 Å². The second-order valence-corrected chi connectivity index (χ2v) is 7.87. The highest BCUT2D eigenvalue weighted by molar-refractivity contribution is 6.12. The Morgan fingerprint density at radius 1 is 0.778 bits per heavy atom. The van der Waals surface area contributed by atoms with Gasteiger partial charge in [-0.05, 0) is 29.8 Å². The summed E-state index contributed by atoms with van der Waals surface area (Å²) < 4.78 is 11.8. The summed E-state index contributed by atoms with van der Waals surface area (Å²) >= 11 is 0. The van der Waals surface area contributed by atoms with Crippen LogP contribution in [-0.4, -0.2) is 15.8 Å². The highest BCUT2D eigenvalue weighted by atomic mass is 16.6. The number of ether oxygens (including phenoxy) is 2. The first-order valence-corrected chi connectivity index (χ1v) is 10.8. The molecule has 0 aliphatic carbocycles. The first-order chi connectivity index (χ1) is 17.4. The van der Waals surface area contributed by atoms with Gasteiger partial charge in [-0.15, -0.1) is 0 Å². The van der Waals surface area contributed by atoms with E-state index in [0.29, 0.717) is 22.7 Å². The SMILES string of the molecule is O=C1c2c(cc(Oc3ccccc3)cc2[N+](=O)[O-])Oc2ccccc2N1Cc1ccc([N+](=O)[O-])cc1. The van der Waals surface area contributed by atoms with Crippen molar-refractivity contribution in [3.63, 3.8) is 0 Å². The predicted molar refractivity (Wildman–Crippen MR) is 130 cm³/mol. The highest BCUT2D eigenvalue weighted by Gasteiger charge is 2.35. The first-order valence-electron chi connectivity index (χ1n) is 10.8. The molecule has 1 amide bonds. The van der Waals surface area contributed by atoms with Crippen LogP contribution in [0.3, 0.4) is 0 Å². The molecule has 0 spiro atoms. The predicted octanol–water partition coefficient (Wildman–Crippen LogP) is 6.25. The van der Waals surface area contributed by atoms with Gasteiger partial charge in [0.15, 0.2) is 17.1 Å². The standard InChI is InChI=1S/C26H17N3O7/c30-26-25-22(29(33)34)14-20(35-19-6-2-1-3-7-19)15-24(25)36-23-9-5-4-8-21(23)27(26)16-17-10-12-18(13-11-17)28(31)32/h1-15H,16H2. The molecule has 1 heterocycles. The van der Waals surface area contributed by atoms with Crippen molar-refractivity contribution in [3.8, 4) is 23.0 Å². The third-order valence-electron chi connectivity index (χ3n) is 5.55. The van der Waals surface area contributed by atoms with Gasteiger partial charge in [0.25, 0.3) is 17.3 Å². The van der Waals surface area contributed by atoms with E-state index in [1.54, 1.807) is 48.5 Å². The normalized spacial score (nSPS) is 12.1. The van der Waals surface area contributed by atoms with Gasteiger partial charge in [-0.25, -0.2) is 0 Å². The van der Waals surface area contributed by atoms with E-state index in [4.69, 9.17) is 9.47 Å². The van der Waals surface area contributed by atoms with E-state index in [9.17, 15) is 25.0 Å². The maximum absolute atomic E-state index is 13.8. The number of fused-ring (bicyclic) bond motifs is 2. The molecule has 10 nitrogen and oxygen atoms in total. The maximum Gasteiger partial charge on any atom is 0.289 e. The van der Waals surface area contributed by atoms with Gasteiger partial charge in [0.05, 0.1) is 28.1 Å². The Bertz CT molecular complexity index is 1490. The van der Waals surface area contributed by atoms with Crippen molar-refractivity contribution in [1.29, 1.82) is 0 Å². The molecular formula is C26H17N3O7. The third kappa shape index (κ3) is 4.30. The average molecular weight is 483 g/mol. The molecule has 0 atom stereocenters. The van der Waals surface area contributed by atoms with Crippen LogP contribution in [0.1, 0.15) is 15.9 Å². The Morgan fingerprint density at radius 2 is 1.47 bits per heavy atom. The van der Waals surface area contributed by atoms with Gasteiger partial charge in [-0.2, -0.15) is 0 Å². The van der Waals surface area contributed by atoms with Crippen molar-refractivity contribution in [2.75, 3.05) is 4.90 Å². The number of rotatable bonds is 6. The summed E-state index contributed by atoms with van der Waals surface area (Å²) in [5.41, 5.74) is 0.218. The Labute approximate surface area is 204 Å². The number of para-hydroxylation sites is 3. The molecule has 178 valence electrons. The second kappa shape index (κ2) is 9.18.